The van der Waals surface area contributed by atoms with Crippen LogP contribution in [0.1, 0.15) is 42.4 Å². The van der Waals surface area contributed by atoms with Gasteiger partial charge >= 0.3 is 0 Å². The highest BCUT2D eigenvalue weighted by Gasteiger charge is 2.28. The van der Waals surface area contributed by atoms with Crippen LogP contribution in [0.5, 0.6) is 5.75 Å². The third-order valence-corrected chi connectivity index (χ3v) is 4.92. The van der Waals surface area contributed by atoms with E-state index < -0.39 is 6.10 Å². The van der Waals surface area contributed by atoms with Crippen molar-refractivity contribution < 1.29 is 14.6 Å². The zero-order valence-electron chi connectivity index (χ0n) is 14.6. The number of rotatable bonds is 4. The Morgan fingerprint density at radius 1 is 1.12 bits per heavy atom. The van der Waals surface area contributed by atoms with Crippen LogP contribution in [0.25, 0.3) is 0 Å². The monoisotopic (exact) mass is 339 g/mol. The number of carbonyl (C=O) groups excluding carboxylic acids is 1. The molecule has 1 saturated heterocycles. The van der Waals surface area contributed by atoms with Crippen molar-refractivity contribution in [2.24, 2.45) is 0 Å². The van der Waals surface area contributed by atoms with E-state index in [9.17, 15) is 9.90 Å². The first-order valence-electron chi connectivity index (χ1n) is 8.85. The molecular weight excluding hydrogens is 314 g/mol. The fourth-order valence-corrected chi connectivity index (χ4v) is 3.44. The van der Waals surface area contributed by atoms with E-state index in [1.165, 1.54) is 5.56 Å². The zero-order chi connectivity index (χ0) is 17.6. The maximum absolute atomic E-state index is 12.8. The van der Waals surface area contributed by atoms with Gasteiger partial charge in [-0.25, -0.2) is 0 Å². The SMILES string of the molecule is COc1ccc(C2CCCCN(C(=O)C(O)c3ccccc3)C2)cc1. The van der Waals surface area contributed by atoms with E-state index in [1.54, 1.807) is 19.2 Å². The van der Waals surface area contributed by atoms with Crippen LogP contribution in [0.15, 0.2) is 54.6 Å². The minimum Gasteiger partial charge on any atom is -0.497 e. The number of aliphatic hydroxyl groups excluding tert-OH is 1. The van der Waals surface area contributed by atoms with E-state index in [4.69, 9.17) is 4.74 Å². The van der Waals surface area contributed by atoms with Gasteiger partial charge in [0.1, 0.15) is 5.75 Å². The molecule has 4 heteroatoms. The summed E-state index contributed by atoms with van der Waals surface area (Å²) in [7, 11) is 1.66. The summed E-state index contributed by atoms with van der Waals surface area (Å²) in [5, 5.41) is 10.5. The molecule has 1 fully saturated rings. The van der Waals surface area contributed by atoms with Gasteiger partial charge in [0.2, 0.25) is 0 Å². The Labute approximate surface area is 149 Å². The largest absolute Gasteiger partial charge is 0.497 e. The van der Waals surface area contributed by atoms with Crippen LogP contribution in [0, 0.1) is 0 Å². The summed E-state index contributed by atoms with van der Waals surface area (Å²) < 4.78 is 5.22. The minimum absolute atomic E-state index is 0.202. The van der Waals surface area contributed by atoms with Gasteiger partial charge in [0.15, 0.2) is 6.10 Å². The number of nitrogens with zero attached hydrogens (tertiary/aromatic N) is 1. The maximum Gasteiger partial charge on any atom is 0.256 e. The Balaban J connectivity index is 1.73. The molecule has 1 heterocycles. The number of aliphatic hydroxyl groups is 1. The minimum atomic E-state index is -1.09. The second-order valence-corrected chi connectivity index (χ2v) is 6.56. The maximum atomic E-state index is 12.8. The molecule has 0 spiro atoms. The normalized spacial score (nSPS) is 19.1. The lowest BCUT2D eigenvalue weighted by molar-refractivity contribution is -0.140. The summed E-state index contributed by atoms with van der Waals surface area (Å²) in [6, 6.07) is 17.2. The van der Waals surface area contributed by atoms with Crippen molar-refractivity contribution in [1.29, 1.82) is 0 Å². The molecule has 1 aliphatic rings. The molecule has 0 aromatic heterocycles. The van der Waals surface area contributed by atoms with Crippen LogP contribution in [-0.2, 0) is 4.79 Å². The van der Waals surface area contributed by atoms with Crippen molar-refractivity contribution in [3.8, 4) is 5.75 Å². The summed E-state index contributed by atoms with van der Waals surface area (Å²) in [5.74, 6) is 0.928. The Kier molecular flexibility index (Phi) is 5.71. The van der Waals surface area contributed by atoms with Crippen molar-refractivity contribution >= 4 is 5.91 Å². The molecule has 132 valence electrons. The number of hydrogen-bond donors (Lipinski definition) is 1. The third kappa shape index (κ3) is 4.20. The standard InChI is InChI=1S/C21H25NO3/c1-25-19-12-10-16(11-13-19)18-9-5-6-14-22(15-18)21(24)20(23)17-7-3-2-4-8-17/h2-4,7-8,10-13,18,20,23H,5-6,9,14-15H2,1H3. The van der Waals surface area contributed by atoms with Gasteiger partial charge in [-0.3, -0.25) is 4.79 Å². The molecule has 2 aromatic rings. The summed E-state index contributed by atoms with van der Waals surface area (Å²) >= 11 is 0. The number of amides is 1. The first kappa shape index (κ1) is 17.5. The van der Waals surface area contributed by atoms with Crippen molar-refractivity contribution in [2.45, 2.75) is 31.3 Å². The average Bonchev–Trinajstić information content (AvgIpc) is 2.94. The Morgan fingerprint density at radius 2 is 1.84 bits per heavy atom. The van der Waals surface area contributed by atoms with Gasteiger partial charge in [-0.05, 0) is 36.1 Å². The van der Waals surface area contributed by atoms with E-state index in [-0.39, 0.29) is 5.91 Å². The number of benzene rings is 2. The second kappa shape index (κ2) is 8.17. The summed E-state index contributed by atoms with van der Waals surface area (Å²) in [4.78, 5) is 14.6. The Hall–Kier alpha value is -2.33. The van der Waals surface area contributed by atoms with Gasteiger partial charge in [-0.2, -0.15) is 0 Å². The van der Waals surface area contributed by atoms with Crippen LogP contribution in [0.4, 0.5) is 0 Å². The van der Waals surface area contributed by atoms with E-state index >= 15 is 0 Å². The highest BCUT2D eigenvalue weighted by atomic mass is 16.5. The molecule has 1 N–H and O–H groups in total. The molecule has 0 saturated carbocycles. The van der Waals surface area contributed by atoms with Gasteiger partial charge in [0, 0.05) is 19.0 Å². The predicted molar refractivity (Wildman–Crippen MR) is 97.6 cm³/mol. The van der Waals surface area contributed by atoms with Crippen LogP contribution in [0.2, 0.25) is 0 Å². The molecule has 2 aromatic carbocycles. The average molecular weight is 339 g/mol. The number of likely N-dealkylation sites (tertiary alicyclic amines) is 1. The lowest BCUT2D eigenvalue weighted by Gasteiger charge is -2.27. The number of ether oxygens (including phenoxy) is 1. The van der Waals surface area contributed by atoms with Gasteiger partial charge < -0.3 is 14.7 Å². The van der Waals surface area contributed by atoms with Gasteiger partial charge in [0.05, 0.1) is 7.11 Å². The lowest BCUT2D eigenvalue weighted by Crippen LogP contribution is -2.37. The molecule has 4 nitrogen and oxygen atoms in total. The smallest absolute Gasteiger partial charge is 0.256 e. The number of carbonyl (C=O) groups is 1. The summed E-state index contributed by atoms with van der Waals surface area (Å²) in [6.45, 7) is 1.35. The zero-order valence-corrected chi connectivity index (χ0v) is 14.6. The lowest BCUT2D eigenvalue weighted by atomic mass is 9.94. The van der Waals surface area contributed by atoms with E-state index in [1.807, 2.05) is 35.2 Å². The first-order valence-corrected chi connectivity index (χ1v) is 8.85. The highest BCUT2D eigenvalue weighted by molar-refractivity contribution is 5.82. The summed E-state index contributed by atoms with van der Waals surface area (Å²) in [6.07, 6.45) is 2.02. The molecule has 2 unspecified atom stereocenters. The number of hydrogen-bond acceptors (Lipinski definition) is 3. The molecule has 0 aliphatic carbocycles. The van der Waals surface area contributed by atoms with Gasteiger partial charge in [-0.1, -0.05) is 48.9 Å². The predicted octanol–water partition coefficient (Wildman–Crippen LogP) is 3.52. The summed E-state index contributed by atoms with van der Waals surface area (Å²) in [5.41, 5.74) is 1.87. The quantitative estimate of drug-likeness (QED) is 0.927. The molecule has 1 aliphatic heterocycles. The second-order valence-electron chi connectivity index (χ2n) is 6.56. The van der Waals surface area contributed by atoms with Gasteiger partial charge in [-0.15, -0.1) is 0 Å². The Bertz CT molecular complexity index is 684. The molecule has 3 rings (SSSR count). The number of methoxy groups -OCH3 is 1. The molecular formula is C21H25NO3. The van der Waals surface area contributed by atoms with Crippen molar-refractivity contribution in [1.82, 2.24) is 4.90 Å². The van der Waals surface area contributed by atoms with Gasteiger partial charge in [0.25, 0.3) is 5.91 Å². The third-order valence-electron chi connectivity index (χ3n) is 4.92. The Morgan fingerprint density at radius 3 is 2.52 bits per heavy atom. The van der Waals surface area contributed by atoms with Crippen LogP contribution in [0.3, 0.4) is 0 Å². The fourth-order valence-electron chi connectivity index (χ4n) is 3.44. The van der Waals surface area contributed by atoms with E-state index in [2.05, 4.69) is 12.1 Å². The molecule has 1 amide bonds. The van der Waals surface area contributed by atoms with Crippen LogP contribution >= 0.6 is 0 Å². The van der Waals surface area contributed by atoms with Crippen LogP contribution in [-0.4, -0.2) is 36.1 Å². The van der Waals surface area contributed by atoms with Crippen molar-refractivity contribution in [3.05, 3.63) is 65.7 Å². The van der Waals surface area contributed by atoms with Crippen LogP contribution < -0.4 is 4.74 Å². The first-order chi connectivity index (χ1) is 12.2. The molecule has 25 heavy (non-hydrogen) atoms. The molecule has 0 bridgehead atoms. The highest BCUT2D eigenvalue weighted by Crippen LogP contribution is 2.29. The molecule has 2 atom stereocenters. The molecule has 0 radical (unpaired) electrons. The van der Waals surface area contributed by atoms with E-state index in [0.29, 0.717) is 24.6 Å². The fraction of sp³-hybridized carbons (Fsp3) is 0.381. The van der Waals surface area contributed by atoms with Crippen molar-refractivity contribution in [2.75, 3.05) is 20.2 Å². The van der Waals surface area contributed by atoms with E-state index in [0.717, 1.165) is 25.0 Å². The van der Waals surface area contributed by atoms with Crippen molar-refractivity contribution in [3.63, 3.8) is 0 Å². The topological polar surface area (TPSA) is 49.8 Å².